The quantitative estimate of drug-likeness (QED) is 0.731. The number of likely N-dealkylation sites (tertiary alicyclic amines) is 1. The lowest BCUT2D eigenvalue weighted by Crippen LogP contribution is -2.47. The SMILES string of the molecule is O=C(c1cnc(-c2ncccn2)s1)N1CCC(O)(Cc2cccc(F)c2)CC1. The molecule has 0 radical (unpaired) electrons. The van der Waals surface area contributed by atoms with Crippen molar-refractivity contribution in [3.05, 3.63) is 65.2 Å². The summed E-state index contributed by atoms with van der Waals surface area (Å²) in [6.07, 6.45) is 6.09. The van der Waals surface area contributed by atoms with E-state index in [1.165, 1.54) is 23.5 Å². The number of piperidine rings is 1. The van der Waals surface area contributed by atoms with Gasteiger partial charge < -0.3 is 10.0 Å². The van der Waals surface area contributed by atoms with Crippen LogP contribution in [0.1, 0.15) is 28.1 Å². The molecular formula is C20H19FN4O2S. The molecule has 2 aromatic heterocycles. The second-order valence-electron chi connectivity index (χ2n) is 6.93. The predicted molar refractivity (Wildman–Crippen MR) is 103 cm³/mol. The zero-order valence-corrected chi connectivity index (χ0v) is 15.9. The first-order chi connectivity index (χ1) is 13.5. The van der Waals surface area contributed by atoms with Crippen LogP contribution in [0.4, 0.5) is 4.39 Å². The zero-order chi connectivity index (χ0) is 19.6. The van der Waals surface area contributed by atoms with Crippen LogP contribution >= 0.6 is 11.3 Å². The first-order valence-corrected chi connectivity index (χ1v) is 9.83. The van der Waals surface area contributed by atoms with Gasteiger partial charge in [0.05, 0.1) is 11.8 Å². The van der Waals surface area contributed by atoms with Crippen LogP contribution in [0.15, 0.2) is 48.9 Å². The van der Waals surface area contributed by atoms with E-state index in [1.807, 2.05) is 6.07 Å². The van der Waals surface area contributed by atoms with Crippen LogP contribution in [-0.4, -0.2) is 49.6 Å². The van der Waals surface area contributed by atoms with Crippen molar-refractivity contribution in [1.82, 2.24) is 19.9 Å². The molecule has 0 spiro atoms. The van der Waals surface area contributed by atoms with Crippen LogP contribution in [0.2, 0.25) is 0 Å². The average molecular weight is 398 g/mol. The third-order valence-corrected chi connectivity index (χ3v) is 5.86. The van der Waals surface area contributed by atoms with E-state index in [0.29, 0.717) is 48.1 Å². The van der Waals surface area contributed by atoms with Crippen LogP contribution in [-0.2, 0) is 6.42 Å². The summed E-state index contributed by atoms with van der Waals surface area (Å²) in [5.41, 5.74) is -0.168. The van der Waals surface area contributed by atoms with Gasteiger partial charge in [0.2, 0.25) is 0 Å². The van der Waals surface area contributed by atoms with Crippen molar-refractivity contribution < 1.29 is 14.3 Å². The van der Waals surface area contributed by atoms with Crippen LogP contribution in [0.3, 0.4) is 0 Å². The highest BCUT2D eigenvalue weighted by atomic mass is 32.1. The maximum atomic E-state index is 13.4. The Morgan fingerprint density at radius 2 is 1.93 bits per heavy atom. The summed E-state index contributed by atoms with van der Waals surface area (Å²) in [6.45, 7) is 0.888. The largest absolute Gasteiger partial charge is 0.389 e. The van der Waals surface area contributed by atoms with Crippen LogP contribution in [0.25, 0.3) is 10.8 Å². The molecular weight excluding hydrogens is 379 g/mol. The fraction of sp³-hybridized carbons (Fsp3) is 0.300. The molecule has 1 saturated heterocycles. The molecule has 0 atom stereocenters. The normalized spacial score (nSPS) is 16.1. The lowest BCUT2D eigenvalue weighted by molar-refractivity contribution is -0.0161. The van der Waals surface area contributed by atoms with Crippen molar-refractivity contribution in [3.63, 3.8) is 0 Å². The molecule has 1 fully saturated rings. The number of halogens is 1. The maximum absolute atomic E-state index is 13.4. The molecule has 1 aliphatic rings. The van der Waals surface area contributed by atoms with Gasteiger partial charge in [0.15, 0.2) is 10.8 Å². The smallest absolute Gasteiger partial charge is 0.265 e. The third-order valence-electron chi connectivity index (χ3n) is 4.88. The molecule has 0 aliphatic carbocycles. The Kier molecular flexibility index (Phi) is 5.15. The number of nitrogens with zero attached hydrogens (tertiary/aromatic N) is 4. The van der Waals surface area contributed by atoms with Gasteiger partial charge in [-0.05, 0) is 36.6 Å². The Labute approximate surface area is 165 Å². The number of hydrogen-bond acceptors (Lipinski definition) is 6. The van der Waals surface area contributed by atoms with Gasteiger partial charge >= 0.3 is 0 Å². The number of aliphatic hydroxyl groups is 1. The van der Waals surface area contributed by atoms with E-state index in [2.05, 4.69) is 15.0 Å². The Morgan fingerprint density at radius 3 is 2.64 bits per heavy atom. The van der Waals surface area contributed by atoms with E-state index >= 15 is 0 Å². The number of benzene rings is 1. The minimum atomic E-state index is -0.929. The van der Waals surface area contributed by atoms with E-state index in [9.17, 15) is 14.3 Å². The second kappa shape index (κ2) is 7.73. The third kappa shape index (κ3) is 4.07. The molecule has 4 rings (SSSR count). The average Bonchev–Trinajstić information content (AvgIpc) is 3.19. The van der Waals surface area contributed by atoms with Crippen molar-refractivity contribution >= 4 is 17.2 Å². The van der Waals surface area contributed by atoms with E-state index in [-0.39, 0.29) is 11.7 Å². The van der Waals surface area contributed by atoms with Gasteiger partial charge in [-0.2, -0.15) is 0 Å². The number of carbonyl (C=O) groups excluding carboxylic acids is 1. The molecule has 1 amide bonds. The Morgan fingerprint density at radius 1 is 1.18 bits per heavy atom. The summed E-state index contributed by atoms with van der Waals surface area (Å²) in [5.74, 6) is 0.0826. The minimum absolute atomic E-state index is 0.104. The Bertz CT molecular complexity index is 971. The minimum Gasteiger partial charge on any atom is -0.389 e. The Balaban J connectivity index is 1.39. The predicted octanol–water partition coefficient (Wildman–Crippen LogP) is 2.95. The topological polar surface area (TPSA) is 79.2 Å². The number of thiazole rings is 1. The van der Waals surface area contributed by atoms with Crippen LogP contribution < -0.4 is 0 Å². The standard InChI is InChI=1S/C20H19FN4O2S/c21-15-4-1-3-14(11-15)12-20(27)5-9-25(10-6-20)19(26)16-13-24-18(28-16)17-22-7-2-8-23-17/h1-4,7-8,11,13,27H,5-6,9-10,12H2. The molecule has 28 heavy (non-hydrogen) atoms. The molecule has 0 unspecified atom stereocenters. The summed E-state index contributed by atoms with van der Waals surface area (Å²) in [7, 11) is 0. The van der Waals surface area contributed by atoms with Crippen molar-refractivity contribution in [1.29, 1.82) is 0 Å². The highest BCUT2D eigenvalue weighted by Gasteiger charge is 2.34. The monoisotopic (exact) mass is 398 g/mol. The van der Waals surface area contributed by atoms with Gasteiger partial charge in [0.1, 0.15) is 10.7 Å². The van der Waals surface area contributed by atoms with Crippen molar-refractivity contribution in [2.45, 2.75) is 24.9 Å². The first-order valence-electron chi connectivity index (χ1n) is 9.02. The van der Waals surface area contributed by atoms with Gasteiger partial charge in [0, 0.05) is 31.9 Å². The van der Waals surface area contributed by atoms with Crippen molar-refractivity contribution in [3.8, 4) is 10.8 Å². The molecule has 1 aromatic carbocycles. The molecule has 0 bridgehead atoms. The van der Waals surface area contributed by atoms with Crippen molar-refractivity contribution in [2.75, 3.05) is 13.1 Å². The summed E-state index contributed by atoms with van der Waals surface area (Å²) < 4.78 is 13.4. The number of rotatable bonds is 4. The molecule has 1 aliphatic heterocycles. The molecule has 8 heteroatoms. The lowest BCUT2D eigenvalue weighted by atomic mass is 9.85. The fourth-order valence-electron chi connectivity index (χ4n) is 3.37. The molecule has 6 nitrogen and oxygen atoms in total. The first kappa shape index (κ1) is 18.6. The van der Waals surface area contributed by atoms with Gasteiger partial charge in [-0.1, -0.05) is 12.1 Å². The van der Waals surface area contributed by atoms with E-state index in [0.717, 1.165) is 5.56 Å². The van der Waals surface area contributed by atoms with E-state index in [1.54, 1.807) is 35.6 Å². The van der Waals surface area contributed by atoms with Gasteiger partial charge in [-0.3, -0.25) is 4.79 Å². The van der Waals surface area contributed by atoms with E-state index < -0.39 is 5.60 Å². The van der Waals surface area contributed by atoms with E-state index in [4.69, 9.17) is 0 Å². The summed E-state index contributed by atoms with van der Waals surface area (Å²) in [5, 5.41) is 11.5. The highest BCUT2D eigenvalue weighted by Crippen LogP contribution is 2.29. The lowest BCUT2D eigenvalue weighted by Gasteiger charge is -2.38. The number of carbonyl (C=O) groups is 1. The number of amides is 1. The van der Waals surface area contributed by atoms with Crippen LogP contribution in [0, 0.1) is 5.82 Å². The summed E-state index contributed by atoms with van der Waals surface area (Å²) in [4.78, 5) is 27.6. The van der Waals surface area contributed by atoms with Gasteiger partial charge in [-0.25, -0.2) is 19.3 Å². The Hall–Kier alpha value is -2.71. The molecule has 0 saturated carbocycles. The maximum Gasteiger partial charge on any atom is 0.265 e. The second-order valence-corrected chi connectivity index (χ2v) is 7.96. The molecule has 1 N–H and O–H groups in total. The van der Waals surface area contributed by atoms with Gasteiger partial charge in [0.25, 0.3) is 5.91 Å². The molecule has 3 aromatic rings. The van der Waals surface area contributed by atoms with Crippen LogP contribution in [0.5, 0.6) is 0 Å². The fourth-order valence-corrected chi connectivity index (χ4v) is 4.20. The summed E-state index contributed by atoms with van der Waals surface area (Å²) >= 11 is 1.26. The van der Waals surface area contributed by atoms with Gasteiger partial charge in [-0.15, -0.1) is 11.3 Å². The highest BCUT2D eigenvalue weighted by molar-refractivity contribution is 7.16. The van der Waals surface area contributed by atoms with Crippen molar-refractivity contribution in [2.24, 2.45) is 0 Å². The summed E-state index contributed by atoms with van der Waals surface area (Å²) in [6, 6.07) is 8.01. The zero-order valence-electron chi connectivity index (χ0n) is 15.1. The number of aromatic nitrogens is 3. The molecule has 144 valence electrons. The number of hydrogen-bond donors (Lipinski definition) is 1. The molecule has 3 heterocycles.